The Morgan fingerprint density at radius 2 is 1.48 bits per heavy atom. The van der Waals surface area contributed by atoms with Crippen LogP contribution >= 0.6 is 0 Å². The Kier molecular flexibility index (Phi) is 9.91. The number of nitrogens with one attached hydrogen (secondary N) is 2. The number of piperidine rings is 1. The van der Waals surface area contributed by atoms with Crippen LogP contribution in [0.5, 0.6) is 0 Å². The fourth-order valence-electron chi connectivity index (χ4n) is 5.75. The summed E-state index contributed by atoms with van der Waals surface area (Å²) in [6.45, 7) is 13.7. The highest BCUT2D eigenvalue weighted by Gasteiger charge is 2.54. The number of rotatable bonds is 8. The highest BCUT2D eigenvalue weighted by Crippen LogP contribution is 2.39. The van der Waals surface area contributed by atoms with Crippen LogP contribution in [0.3, 0.4) is 0 Å². The van der Waals surface area contributed by atoms with Crippen LogP contribution in [0.1, 0.15) is 76.7 Å². The predicted octanol–water partition coefficient (Wildman–Crippen LogP) is 4.30. The molecule has 2 aromatic carbocycles. The van der Waals surface area contributed by atoms with Gasteiger partial charge in [-0.1, -0.05) is 51.1 Å². The fraction of sp³-hybridized carbons (Fsp3) is 0.529. The molecule has 238 valence electrons. The number of carbonyl (C=O) groups excluding carboxylic acids is 4. The van der Waals surface area contributed by atoms with Crippen molar-refractivity contribution in [3.05, 3.63) is 65.7 Å². The highest BCUT2D eigenvalue weighted by atomic mass is 16.6. The largest absolute Gasteiger partial charge is 0.444 e. The van der Waals surface area contributed by atoms with Gasteiger partial charge >= 0.3 is 6.09 Å². The number of para-hydroxylation sites is 1. The van der Waals surface area contributed by atoms with E-state index in [1.165, 1.54) is 5.56 Å². The standard InChI is InChI=1S/C34H47N5O5/c1-32(2,3)26-15-13-25(14-16-26)29(41)37-21-17-34(18-22-37)30(42)38(24-39(34)27-11-8-7-9-12-27)23-28(40)35-19-10-20-36-31(43)44-33(4,5)6/h7-9,11-16H,10,17-24H2,1-6H3,(H,35,40)(H,36,43). The summed E-state index contributed by atoms with van der Waals surface area (Å²) in [5, 5.41) is 5.53. The number of nitrogens with zero attached hydrogens (tertiary/aromatic N) is 3. The molecule has 4 amide bonds. The van der Waals surface area contributed by atoms with E-state index in [0.29, 0.717) is 57.7 Å². The Morgan fingerprint density at radius 1 is 0.864 bits per heavy atom. The third-order valence-corrected chi connectivity index (χ3v) is 8.14. The van der Waals surface area contributed by atoms with E-state index in [-0.39, 0.29) is 29.7 Å². The molecular weight excluding hydrogens is 558 g/mol. The molecule has 2 aliphatic heterocycles. The second-order valence-electron chi connectivity index (χ2n) is 13.7. The molecule has 2 aromatic rings. The number of hydrogen-bond donors (Lipinski definition) is 2. The van der Waals surface area contributed by atoms with Crippen molar-refractivity contribution in [1.82, 2.24) is 20.4 Å². The summed E-state index contributed by atoms with van der Waals surface area (Å²) in [6, 6.07) is 17.6. The normalized spacial score (nSPS) is 16.7. The average molecular weight is 606 g/mol. The van der Waals surface area contributed by atoms with Crippen LogP contribution in [0.2, 0.25) is 0 Å². The molecule has 2 fully saturated rings. The van der Waals surface area contributed by atoms with E-state index in [9.17, 15) is 19.2 Å². The number of ether oxygens (including phenoxy) is 1. The highest BCUT2D eigenvalue weighted by molar-refractivity contribution is 5.97. The van der Waals surface area contributed by atoms with Gasteiger partial charge in [0.05, 0.1) is 6.67 Å². The lowest BCUT2D eigenvalue weighted by molar-refractivity contribution is -0.137. The first-order chi connectivity index (χ1) is 20.7. The topological polar surface area (TPSA) is 111 Å². The molecule has 2 saturated heterocycles. The van der Waals surface area contributed by atoms with Gasteiger partial charge in [-0.15, -0.1) is 0 Å². The molecule has 0 saturated carbocycles. The van der Waals surface area contributed by atoms with E-state index in [4.69, 9.17) is 4.74 Å². The van der Waals surface area contributed by atoms with Gasteiger partial charge in [0.15, 0.2) is 0 Å². The molecule has 2 aliphatic rings. The van der Waals surface area contributed by atoms with Gasteiger partial charge in [0.25, 0.3) is 11.8 Å². The van der Waals surface area contributed by atoms with Crippen molar-refractivity contribution >= 4 is 29.5 Å². The summed E-state index contributed by atoms with van der Waals surface area (Å²) < 4.78 is 5.22. The van der Waals surface area contributed by atoms with Gasteiger partial charge in [0.1, 0.15) is 17.7 Å². The van der Waals surface area contributed by atoms with Gasteiger partial charge in [0.2, 0.25) is 5.91 Å². The van der Waals surface area contributed by atoms with Crippen LogP contribution in [0, 0.1) is 0 Å². The Labute approximate surface area is 261 Å². The van der Waals surface area contributed by atoms with Crippen molar-refractivity contribution in [3.8, 4) is 0 Å². The predicted molar refractivity (Wildman–Crippen MR) is 170 cm³/mol. The maximum absolute atomic E-state index is 14.0. The number of amides is 4. The molecule has 10 heteroatoms. The monoisotopic (exact) mass is 605 g/mol. The molecule has 0 bridgehead atoms. The minimum Gasteiger partial charge on any atom is -0.444 e. The van der Waals surface area contributed by atoms with Gasteiger partial charge in [0, 0.05) is 37.4 Å². The Balaban J connectivity index is 1.36. The first-order valence-electron chi connectivity index (χ1n) is 15.5. The first-order valence-corrected chi connectivity index (χ1v) is 15.5. The van der Waals surface area contributed by atoms with Crippen LogP contribution in [0.25, 0.3) is 0 Å². The zero-order chi connectivity index (χ0) is 32.1. The molecule has 0 unspecified atom stereocenters. The van der Waals surface area contributed by atoms with Crippen LogP contribution < -0.4 is 15.5 Å². The van der Waals surface area contributed by atoms with Gasteiger partial charge in [-0.25, -0.2) is 4.79 Å². The second-order valence-corrected chi connectivity index (χ2v) is 13.7. The third-order valence-electron chi connectivity index (χ3n) is 8.14. The number of carbonyl (C=O) groups is 4. The molecule has 2 heterocycles. The fourth-order valence-corrected chi connectivity index (χ4v) is 5.75. The molecule has 2 N–H and O–H groups in total. The number of alkyl carbamates (subject to hydrolysis) is 1. The number of anilines is 1. The minimum absolute atomic E-state index is 0.00454. The molecule has 0 aliphatic carbocycles. The Hall–Kier alpha value is -4.08. The summed E-state index contributed by atoms with van der Waals surface area (Å²) in [5.41, 5.74) is 1.33. The van der Waals surface area contributed by atoms with Gasteiger partial charge < -0.3 is 30.1 Å². The van der Waals surface area contributed by atoms with Crippen molar-refractivity contribution in [2.45, 2.75) is 77.4 Å². The molecule has 10 nitrogen and oxygen atoms in total. The van der Waals surface area contributed by atoms with Crippen molar-refractivity contribution in [2.24, 2.45) is 0 Å². The molecule has 44 heavy (non-hydrogen) atoms. The molecular formula is C34H47N5O5. The van der Waals surface area contributed by atoms with Crippen LogP contribution in [-0.2, 0) is 19.7 Å². The van der Waals surface area contributed by atoms with Gasteiger partial charge in [-0.2, -0.15) is 0 Å². The Bertz CT molecular complexity index is 1320. The number of hydrogen-bond acceptors (Lipinski definition) is 6. The van der Waals surface area contributed by atoms with E-state index in [1.807, 2.05) is 59.5 Å². The zero-order valence-corrected chi connectivity index (χ0v) is 26.9. The second kappa shape index (κ2) is 13.3. The molecule has 0 aromatic heterocycles. The van der Waals surface area contributed by atoms with Crippen molar-refractivity contribution < 1.29 is 23.9 Å². The minimum atomic E-state index is -0.828. The van der Waals surface area contributed by atoms with E-state index in [2.05, 4.69) is 36.3 Å². The summed E-state index contributed by atoms with van der Waals surface area (Å²) >= 11 is 0. The maximum atomic E-state index is 14.0. The number of benzene rings is 2. The summed E-state index contributed by atoms with van der Waals surface area (Å²) in [6.07, 6.45) is 0.980. The zero-order valence-electron chi connectivity index (χ0n) is 26.9. The lowest BCUT2D eigenvalue weighted by Gasteiger charge is -2.43. The van der Waals surface area contributed by atoms with E-state index in [1.54, 1.807) is 25.7 Å². The van der Waals surface area contributed by atoms with Crippen molar-refractivity contribution in [1.29, 1.82) is 0 Å². The van der Waals surface area contributed by atoms with E-state index < -0.39 is 17.2 Å². The van der Waals surface area contributed by atoms with E-state index in [0.717, 1.165) is 5.69 Å². The van der Waals surface area contributed by atoms with Crippen molar-refractivity contribution in [3.63, 3.8) is 0 Å². The lowest BCUT2D eigenvalue weighted by Crippen LogP contribution is -2.57. The first kappa shape index (κ1) is 32.8. The smallest absolute Gasteiger partial charge is 0.407 e. The third kappa shape index (κ3) is 7.89. The molecule has 1 spiro atoms. The van der Waals surface area contributed by atoms with Crippen LogP contribution in [-0.4, -0.2) is 84.1 Å². The average Bonchev–Trinajstić information content (AvgIpc) is 3.22. The summed E-state index contributed by atoms with van der Waals surface area (Å²) in [5.74, 6) is -0.383. The SMILES string of the molecule is CC(C)(C)OC(=O)NCCCNC(=O)CN1CN(c2ccccc2)C2(CCN(C(=O)c3ccc(C(C)(C)C)cc3)CC2)C1=O. The van der Waals surface area contributed by atoms with E-state index >= 15 is 0 Å². The van der Waals surface area contributed by atoms with Gasteiger partial charge in [-0.05, 0) is 75.3 Å². The summed E-state index contributed by atoms with van der Waals surface area (Å²) in [7, 11) is 0. The number of likely N-dealkylation sites (tertiary alicyclic amines) is 1. The van der Waals surface area contributed by atoms with Gasteiger partial charge in [-0.3, -0.25) is 14.4 Å². The molecule has 4 rings (SSSR count). The Morgan fingerprint density at radius 3 is 2.07 bits per heavy atom. The lowest BCUT2D eigenvalue weighted by atomic mass is 9.84. The van der Waals surface area contributed by atoms with Crippen LogP contribution in [0.15, 0.2) is 54.6 Å². The van der Waals surface area contributed by atoms with Crippen LogP contribution in [0.4, 0.5) is 10.5 Å². The molecule has 0 atom stereocenters. The maximum Gasteiger partial charge on any atom is 0.407 e. The summed E-state index contributed by atoms with van der Waals surface area (Å²) in [4.78, 5) is 57.5. The molecule has 0 radical (unpaired) electrons. The quantitative estimate of drug-likeness (QED) is 0.435. The van der Waals surface area contributed by atoms with Crippen molar-refractivity contribution in [2.75, 3.05) is 44.3 Å².